The summed E-state index contributed by atoms with van der Waals surface area (Å²) >= 11 is 6.16. The van der Waals surface area contributed by atoms with E-state index in [2.05, 4.69) is 6.92 Å². The zero-order valence-corrected chi connectivity index (χ0v) is 13.0. The van der Waals surface area contributed by atoms with E-state index in [9.17, 15) is 5.11 Å². The summed E-state index contributed by atoms with van der Waals surface area (Å²) < 4.78 is 0. The van der Waals surface area contributed by atoms with Gasteiger partial charge in [-0.15, -0.1) is 0 Å². The summed E-state index contributed by atoms with van der Waals surface area (Å²) in [7, 11) is 0. The quantitative estimate of drug-likeness (QED) is 0.566. The van der Waals surface area contributed by atoms with Crippen LogP contribution >= 0.6 is 11.6 Å². The van der Waals surface area contributed by atoms with Crippen molar-refractivity contribution in [3.63, 3.8) is 0 Å². The summed E-state index contributed by atoms with van der Waals surface area (Å²) in [4.78, 5) is 0. The van der Waals surface area contributed by atoms with E-state index in [0.717, 1.165) is 24.0 Å². The van der Waals surface area contributed by atoms with Gasteiger partial charge in [0.05, 0.1) is 6.10 Å². The van der Waals surface area contributed by atoms with Gasteiger partial charge in [0, 0.05) is 5.02 Å². The molecular formula is C17H27ClO. The molecule has 0 aliphatic carbocycles. The van der Waals surface area contributed by atoms with Gasteiger partial charge >= 0.3 is 0 Å². The zero-order valence-electron chi connectivity index (χ0n) is 12.3. The molecule has 1 rings (SSSR count). The van der Waals surface area contributed by atoms with Gasteiger partial charge < -0.3 is 5.11 Å². The number of aryl methyl sites for hydroxylation is 1. The van der Waals surface area contributed by atoms with Gasteiger partial charge in [-0.05, 0) is 30.5 Å². The highest BCUT2D eigenvalue weighted by atomic mass is 35.5. The Bertz CT molecular complexity index is 362. The average Bonchev–Trinajstić information content (AvgIpc) is 2.37. The fourth-order valence-corrected chi connectivity index (χ4v) is 2.71. The Kier molecular flexibility index (Phi) is 8.16. The first-order valence-electron chi connectivity index (χ1n) is 7.59. The molecule has 0 saturated carbocycles. The van der Waals surface area contributed by atoms with Crippen molar-refractivity contribution in [3.8, 4) is 0 Å². The lowest BCUT2D eigenvalue weighted by Crippen LogP contribution is -1.98. The standard InChI is InChI=1S/C17H27ClO/c1-3-4-5-6-7-8-9-10-17(19)15-12-11-14(2)13-16(15)18/h11-13,17,19H,3-10H2,1-2H3. The molecule has 1 nitrogen and oxygen atoms in total. The fourth-order valence-electron chi connectivity index (χ4n) is 2.35. The molecule has 2 heteroatoms. The lowest BCUT2D eigenvalue weighted by atomic mass is 10.0. The molecule has 1 atom stereocenters. The van der Waals surface area contributed by atoms with Gasteiger partial charge in [-0.2, -0.15) is 0 Å². The molecule has 1 unspecified atom stereocenters. The molecule has 0 saturated heterocycles. The molecule has 0 spiro atoms. The Hall–Kier alpha value is -0.530. The fraction of sp³-hybridized carbons (Fsp3) is 0.647. The lowest BCUT2D eigenvalue weighted by molar-refractivity contribution is 0.163. The number of hydrogen-bond donors (Lipinski definition) is 1. The molecule has 0 radical (unpaired) electrons. The molecule has 0 aliphatic rings. The maximum absolute atomic E-state index is 10.1. The smallest absolute Gasteiger partial charge is 0.0804 e. The van der Waals surface area contributed by atoms with Crippen molar-refractivity contribution in [2.45, 2.75) is 71.3 Å². The van der Waals surface area contributed by atoms with Crippen molar-refractivity contribution in [1.29, 1.82) is 0 Å². The largest absolute Gasteiger partial charge is 0.388 e. The highest BCUT2D eigenvalue weighted by Gasteiger charge is 2.10. The number of aliphatic hydroxyl groups excluding tert-OH is 1. The van der Waals surface area contributed by atoms with E-state index < -0.39 is 6.10 Å². The predicted octanol–water partition coefficient (Wildman–Crippen LogP) is 5.82. The number of hydrogen-bond acceptors (Lipinski definition) is 1. The second kappa shape index (κ2) is 9.39. The summed E-state index contributed by atoms with van der Waals surface area (Å²) in [6, 6.07) is 5.88. The first kappa shape index (κ1) is 16.5. The maximum atomic E-state index is 10.1. The minimum Gasteiger partial charge on any atom is -0.388 e. The number of halogens is 1. The van der Waals surface area contributed by atoms with Crippen LogP contribution in [0.5, 0.6) is 0 Å². The molecule has 0 fully saturated rings. The highest BCUT2D eigenvalue weighted by molar-refractivity contribution is 6.31. The van der Waals surface area contributed by atoms with Crippen molar-refractivity contribution in [3.05, 3.63) is 34.3 Å². The van der Waals surface area contributed by atoms with Crippen molar-refractivity contribution >= 4 is 11.6 Å². The van der Waals surface area contributed by atoms with Crippen molar-refractivity contribution in [2.24, 2.45) is 0 Å². The number of aliphatic hydroxyl groups is 1. The summed E-state index contributed by atoms with van der Waals surface area (Å²) in [5.41, 5.74) is 2.01. The van der Waals surface area contributed by atoms with E-state index in [4.69, 9.17) is 11.6 Å². The van der Waals surface area contributed by atoms with Crippen LogP contribution in [0.2, 0.25) is 5.02 Å². The topological polar surface area (TPSA) is 20.2 Å². The summed E-state index contributed by atoms with van der Waals surface area (Å²) in [6.45, 7) is 4.25. The van der Waals surface area contributed by atoms with E-state index >= 15 is 0 Å². The number of benzene rings is 1. The Balaban J connectivity index is 2.22. The summed E-state index contributed by atoms with van der Waals surface area (Å²) in [5.74, 6) is 0. The van der Waals surface area contributed by atoms with E-state index in [0.29, 0.717) is 5.02 Å². The molecule has 0 heterocycles. The Morgan fingerprint density at radius 1 is 1.05 bits per heavy atom. The van der Waals surface area contributed by atoms with Crippen molar-refractivity contribution < 1.29 is 5.11 Å². The molecule has 1 aromatic carbocycles. The van der Waals surface area contributed by atoms with Crippen LogP contribution in [-0.4, -0.2) is 5.11 Å². The zero-order chi connectivity index (χ0) is 14.1. The average molecular weight is 283 g/mol. The van der Waals surface area contributed by atoms with Gasteiger partial charge in [0.15, 0.2) is 0 Å². The van der Waals surface area contributed by atoms with Crippen LogP contribution in [0.25, 0.3) is 0 Å². The SMILES string of the molecule is CCCCCCCCCC(O)c1ccc(C)cc1Cl. The Labute approximate surface area is 123 Å². The van der Waals surface area contributed by atoms with Crippen molar-refractivity contribution in [1.82, 2.24) is 0 Å². The molecule has 0 aliphatic heterocycles. The minimum absolute atomic E-state index is 0.413. The van der Waals surface area contributed by atoms with Crippen LogP contribution in [-0.2, 0) is 0 Å². The van der Waals surface area contributed by atoms with Crippen LogP contribution in [0, 0.1) is 6.92 Å². The molecule has 1 aromatic rings. The molecular weight excluding hydrogens is 256 g/mol. The van der Waals surface area contributed by atoms with Crippen LogP contribution < -0.4 is 0 Å². The number of unbranched alkanes of at least 4 members (excludes halogenated alkanes) is 6. The lowest BCUT2D eigenvalue weighted by Gasteiger charge is -2.13. The third kappa shape index (κ3) is 6.44. The third-order valence-electron chi connectivity index (χ3n) is 3.60. The van der Waals surface area contributed by atoms with Gasteiger partial charge in [0.2, 0.25) is 0 Å². The maximum Gasteiger partial charge on any atom is 0.0804 e. The van der Waals surface area contributed by atoms with Crippen LogP contribution in [0.4, 0.5) is 0 Å². The van der Waals surface area contributed by atoms with E-state index in [-0.39, 0.29) is 0 Å². The first-order valence-corrected chi connectivity index (χ1v) is 7.97. The van der Waals surface area contributed by atoms with Crippen LogP contribution in [0.15, 0.2) is 18.2 Å². The summed E-state index contributed by atoms with van der Waals surface area (Å²) in [6.07, 6.45) is 9.31. The predicted molar refractivity (Wildman–Crippen MR) is 83.8 cm³/mol. The summed E-state index contributed by atoms with van der Waals surface area (Å²) in [5, 5.41) is 10.8. The van der Waals surface area contributed by atoms with Gasteiger partial charge in [0.1, 0.15) is 0 Å². The van der Waals surface area contributed by atoms with E-state index in [1.54, 1.807) is 0 Å². The highest BCUT2D eigenvalue weighted by Crippen LogP contribution is 2.27. The Morgan fingerprint density at radius 3 is 2.32 bits per heavy atom. The van der Waals surface area contributed by atoms with Gasteiger partial charge in [-0.3, -0.25) is 0 Å². The van der Waals surface area contributed by atoms with E-state index in [1.165, 1.54) is 38.5 Å². The minimum atomic E-state index is -0.413. The third-order valence-corrected chi connectivity index (χ3v) is 3.92. The van der Waals surface area contributed by atoms with Crippen molar-refractivity contribution in [2.75, 3.05) is 0 Å². The second-order valence-electron chi connectivity index (χ2n) is 5.45. The number of rotatable bonds is 9. The Morgan fingerprint density at radius 2 is 1.68 bits per heavy atom. The molecule has 108 valence electrons. The van der Waals surface area contributed by atoms with Crippen LogP contribution in [0.1, 0.15) is 75.5 Å². The normalized spacial score (nSPS) is 12.6. The molecule has 0 amide bonds. The monoisotopic (exact) mass is 282 g/mol. The van der Waals surface area contributed by atoms with Gasteiger partial charge in [-0.1, -0.05) is 75.6 Å². The molecule has 19 heavy (non-hydrogen) atoms. The van der Waals surface area contributed by atoms with Crippen LogP contribution in [0.3, 0.4) is 0 Å². The molecule has 1 N–H and O–H groups in total. The molecule has 0 bridgehead atoms. The van der Waals surface area contributed by atoms with Gasteiger partial charge in [0.25, 0.3) is 0 Å². The van der Waals surface area contributed by atoms with E-state index in [1.807, 2.05) is 25.1 Å². The first-order chi connectivity index (χ1) is 9.15. The van der Waals surface area contributed by atoms with Gasteiger partial charge in [-0.25, -0.2) is 0 Å². The molecule has 0 aromatic heterocycles. The second-order valence-corrected chi connectivity index (χ2v) is 5.86.